The van der Waals surface area contributed by atoms with Gasteiger partial charge in [-0.15, -0.1) is 11.3 Å². The third-order valence-corrected chi connectivity index (χ3v) is 5.73. The molecule has 4 rings (SSSR count). The van der Waals surface area contributed by atoms with Crippen molar-refractivity contribution in [1.82, 2.24) is 5.32 Å². The summed E-state index contributed by atoms with van der Waals surface area (Å²) in [5.41, 5.74) is 1.30. The van der Waals surface area contributed by atoms with Crippen molar-refractivity contribution in [3.05, 3.63) is 93.7 Å². The van der Waals surface area contributed by atoms with Gasteiger partial charge >= 0.3 is 0 Å². The quantitative estimate of drug-likeness (QED) is 0.518. The van der Waals surface area contributed by atoms with Gasteiger partial charge in [0.1, 0.15) is 11.6 Å². The van der Waals surface area contributed by atoms with E-state index in [9.17, 15) is 18.4 Å². The fraction of sp³-hybridized carbons (Fsp3) is 0.167. The van der Waals surface area contributed by atoms with E-state index in [-0.39, 0.29) is 24.2 Å². The van der Waals surface area contributed by atoms with Crippen LogP contribution in [0.15, 0.2) is 66.1 Å². The minimum atomic E-state index is -0.802. The molecule has 1 heterocycles. The molecule has 0 aliphatic heterocycles. The standard InChI is InChI=1S/C24H20F2N2O2S/c25-18-8-11-22(21(26)14-18)28(15-20-2-1-13-31-20)23(29)12-5-16-3-6-17(7-4-16)24(30)27-19-9-10-19/h1-8,11-14,19H,9-10,15H2,(H,27,30). The minimum absolute atomic E-state index is 0.0107. The molecule has 7 heteroatoms. The van der Waals surface area contributed by atoms with Gasteiger partial charge < -0.3 is 10.2 Å². The zero-order valence-electron chi connectivity index (χ0n) is 16.6. The van der Waals surface area contributed by atoms with E-state index in [1.807, 2.05) is 17.5 Å². The highest BCUT2D eigenvalue weighted by molar-refractivity contribution is 7.09. The molecule has 158 valence electrons. The molecule has 0 bridgehead atoms. The molecule has 2 aromatic carbocycles. The van der Waals surface area contributed by atoms with Crippen molar-refractivity contribution in [2.24, 2.45) is 0 Å². The van der Waals surface area contributed by atoms with Crippen LogP contribution in [0.1, 0.15) is 33.6 Å². The van der Waals surface area contributed by atoms with Crippen LogP contribution in [-0.4, -0.2) is 17.9 Å². The minimum Gasteiger partial charge on any atom is -0.349 e. The Hall–Kier alpha value is -3.32. The number of anilines is 1. The number of hydrogen-bond donors (Lipinski definition) is 1. The largest absolute Gasteiger partial charge is 0.349 e. The van der Waals surface area contributed by atoms with Gasteiger partial charge in [-0.25, -0.2) is 8.78 Å². The molecule has 0 radical (unpaired) electrons. The Kier molecular flexibility index (Phi) is 6.23. The molecule has 1 fully saturated rings. The number of hydrogen-bond acceptors (Lipinski definition) is 3. The highest BCUT2D eigenvalue weighted by Crippen LogP contribution is 2.24. The highest BCUT2D eigenvalue weighted by Gasteiger charge is 2.23. The van der Waals surface area contributed by atoms with E-state index < -0.39 is 17.5 Å². The molecule has 0 spiro atoms. The first-order valence-electron chi connectivity index (χ1n) is 9.87. The van der Waals surface area contributed by atoms with Crippen LogP contribution >= 0.6 is 11.3 Å². The van der Waals surface area contributed by atoms with Crippen LogP contribution in [0.25, 0.3) is 6.08 Å². The molecule has 1 aromatic heterocycles. The molecule has 2 amide bonds. The van der Waals surface area contributed by atoms with E-state index in [1.54, 1.807) is 30.3 Å². The van der Waals surface area contributed by atoms with Crippen molar-refractivity contribution in [3.63, 3.8) is 0 Å². The van der Waals surface area contributed by atoms with Gasteiger partial charge in [0.05, 0.1) is 12.2 Å². The van der Waals surface area contributed by atoms with Crippen molar-refractivity contribution >= 4 is 34.9 Å². The van der Waals surface area contributed by atoms with Crippen molar-refractivity contribution in [2.45, 2.75) is 25.4 Å². The summed E-state index contributed by atoms with van der Waals surface area (Å²) in [6.45, 7) is 0.170. The maximum Gasteiger partial charge on any atom is 0.251 e. The van der Waals surface area contributed by atoms with E-state index in [0.29, 0.717) is 5.56 Å². The number of amides is 2. The fourth-order valence-electron chi connectivity index (χ4n) is 3.04. The normalized spacial score (nSPS) is 13.4. The molecule has 1 aliphatic carbocycles. The summed E-state index contributed by atoms with van der Waals surface area (Å²) < 4.78 is 27.7. The lowest BCUT2D eigenvalue weighted by Crippen LogP contribution is -2.29. The number of nitrogens with zero attached hydrogens (tertiary/aromatic N) is 1. The summed E-state index contributed by atoms with van der Waals surface area (Å²) in [7, 11) is 0. The first kappa shape index (κ1) is 20.9. The van der Waals surface area contributed by atoms with Gasteiger partial charge in [-0.3, -0.25) is 9.59 Å². The van der Waals surface area contributed by atoms with Crippen LogP contribution in [-0.2, 0) is 11.3 Å². The molecule has 31 heavy (non-hydrogen) atoms. The molecule has 1 N–H and O–H groups in total. The molecule has 0 saturated heterocycles. The van der Waals surface area contributed by atoms with E-state index in [1.165, 1.54) is 28.4 Å². The zero-order chi connectivity index (χ0) is 21.8. The Morgan fingerprint density at radius 3 is 2.52 bits per heavy atom. The lowest BCUT2D eigenvalue weighted by Gasteiger charge is -2.21. The van der Waals surface area contributed by atoms with Crippen LogP contribution in [0.2, 0.25) is 0 Å². The van der Waals surface area contributed by atoms with Gasteiger partial charge in [0.15, 0.2) is 0 Å². The predicted molar refractivity (Wildman–Crippen MR) is 118 cm³/mol. The molecule has 4 nitrogen and oxygen atoms in total. The topological polar surface area (TPSA) is 49.4 Å². The number of rotatable bonds is 7. The predicted octanol–water partition coefficient (Wildman–Crippen LogP) is 5.17. The summed E-state index contributed by atoms with van der Waals surface area (Å²) in [6.07, 6.45) is 4.99. The Morgan fingerprint density at radius 1 is 1.10 bits per heavy atom. The first-order valence-corrected chi connectivity index (χ1v) is 10.8. The molecular formula is C24H20F2N2O2S. The molecule has 1 aliphatic rings. The number of thiophene rings is 1. The van der Waals surface area contributed by atoms with Crippen molar-refractivity contribution in [3.8, 4) is 0 Å². The maximum atomic E-state index is 14.4. The number of carbonyl (C=O) groups excluding carboxylic acids is 2. The molecular weight excluding hydrogens is 418 g/mol. The summed E-state index contributed by atoms with van der Waals surface area (Å²) in [6, 6.07) is 14.0. The number of nitrogens with one attached hydrogen (secondary N) is 1. The zero-order valence-corrected chi connectivity index (χ0v) is 17.4. The van der Waals surface area contributed by atoms with Crippen molar-refractivity contribution in [1.29, 1.82) is 0 Å². The smallest absolute Gasteiger partial charge is 0.251 e. The second kappa shape index (κ2) is 9.22. The van der Waals surface area contributed by atoms with Gasteiger partial charge in [-0.05, 0) is 60.2 Å². The third-order valence-electron chi connectivity index (χ3n) is 4.86. The average molecular weight is 438 g/mol. The van der Waals surface area contributed by atoms with Crippen LogP contribution in [0.5, 0.6) is 0 Å². The van der Waals surface area contributed by atoms with Gasteiger partial charge in [0.2, 0.25) is 0 Å². The lowest BCUT2D eigenvalue weighted by atomic mass is 10.1. The summed E-state index contributed by atoms with van der Waals surface area (Å²) in [4.78, 5) is 27.1. The summed E-state index contributed by atoms with van der Waals surface area (Å²) >= 11 is 1.45. The number of halogens is 2. The molecule has 3 aromatic rings. The van der Waals surface area contributed by atoms with Gasteiger partial charge in [0.25, 0.3) is 11.8 Å². The second-order valence-electron chi connectivity index (χ2n) is 7.30. The van der Waals surface area contributed by atoms with Crippen LogP contribution in [0.4, 0.5) is 14.5 Å². The lowest BCUT2D eigenvalue weighted by molar-refractivity contribution is -0.114. The third kappa shape index (κ3) is 5.44. The molecule has 1 saturated carbocycles. The molecule has 0 unspecified atom stereocenters. The number of carbonyl (C=O) groups is 2. The van der Waals surface area contributed by atoms with Crippen LogP contribution in [0, 0.1) is 11.6 Å². The van der Waals surface area contributed by atoms with Gasteiger partial charge in [-0.1, -0.05) is 18.2 Å². The van der Waals surface area contributed by atoms with Crippen LogP contribution in [0.3, 0.4) is 0 Å². The Balaban J connectivity index is 1.51. The van der Waals surface area contributed by atoms with E-state index in [0.717, 1.165) is 35.4 Å². The van der Waals surface area contributed by atoms with Gasteiger partial charge in [-0.2, -0.15) is 0 Å². The first-order chi connectivity index (χ1) is 15.0. The summed E-state index contributed by atoms with van der Waals surface area (Å²) in [5.74, 6) is -2.05. The fourth-order valence-corrected chi connectivity index (χ4v) is 3.73. The highest BCUT2D eigenvalue weighted by atomic mass is 32.1. The van der Waals surface area contributed by atoms with Gasteiger partial charge in [0, 0.05) is 28.6 Å². The Labute approximate surface area is 182 Å². The second-order valence-corrected chi connectivity index (χ2v) is 8.33. The molecule has 0 atom stereocenters. The van der Waals surface area contributed by atoms with E-state index in [2.05, 4.69) is 5.32 Å². The van der Waals surface area contributed by atoms with Crippen LogP contribution < -0.4 is 10.2 Å². The monoisotopic (exact) mass is 438 g/mol. The maximum absolute atomic E-state index is 14.4. The number of benzene rings is 2. The SMILES string of the molecule is O=C(NC1CC1)c1ccc(C=CC(=O)N(Cc2cccs2)c2ccc(F)cc2F)cc1. The van der Waals surface area contributed by atoms with Crippen molar-refractivity contribution < 1.29 is 18.4 Å². The van der Waals surface area contributed by atoms with E-state index in [4.69, 9.17) is 0 Å². The Bertz CT molecular complexity index is 1110. The summed E-state index contributed by atoms with van der Waals surface area (Å²) in [5, 5.41) is 4.79. The Morgan fingerprint density at radius 2 is 1.87 bits per heavy atom. The van der Waals surface area contributed by atoms with Crippen molar-refractivity contribution in [2.75, 3.05) is 4.90 Å². The van der Waals surface area contributed by atoms with E-state index >= 15 is 0 Å². The average Bonchev–Trinajstić information content (AvgIpc) is 3.42.